The second-order valence-electron chi connectivity index (χ2n) is 5.56. The highest BCUT2D eigenvalue weighted by Gasteiger charge is 2.21. The number of rotatable bonds is 5. The van der Waals surface area contributed by atoms with Gasteiger partial charge in [0, 0.05) is 18.7 Å². The first-order valence-corrected chi connectivity index (χ1v) is 8.67. The molecule has 3 nitrogen and oxygen atoms in total. The number of hydrogen-bond donors (Lipinski definition) is 0. The van der Waals surface area contributed by atoms with Crippen molar-refractivity contribution in [3.63, 3.8) is 0 Å². The summed E-state index contributed by atoms with van der Waals surface area (Å²) in [6.45, 7) is 8.44. The van der Waals surface area contributed by atoms with Crippen molar-refractivity contribution < 1.29 is 9.47 Å². The van der Waals surface area contributed by atoms with Crippen molar-refractivity contribution in [1.82, 2.24) is 4.90 Å². The highest BCUT2D eigenvalue weighted by molar-refractivity contribution is 9.10. The number of methoxy groups -OCH3 is 1. The zero-order valence-electron chi connectivity index (χ0n) is 13.1. The zero-order valence-corrected chi connectivity index (χ0v) is 15.5. The number of nitrogens with zero attached hydrogens (tertiary/aromatic N) is 1. The molecule has 1 aliphatic rings. The van der Waals surface area contributed by atoms with Crippen LogP contribution in [0.1, 0.15) is 25.3 Å². The normalized spacial score (nSPS) is 15.5. The van der Waals surface area contributed by atoms with Gasteiger partial charge in [0.05, 0.1) is 11.6 Å². The van der Waals surface area contributed by atoms with E-state index in [4.69, 9.17) is 21.7 Å². The molecule has 1 saturated heterocycles. The highest BCUT2D eigenvalue weighted by atomic mass is 79.9. The van der Waals surface area contributed by atoms with Crippen molar-refractivity contribution in [2.75, 3.05) is 26.8 Å². The maximum Gasteiger partial charge on any atom is 0.175 e. The summed E-state index contributed by atoms with van der Waals surface area (Å²) in [6.07, 6.45) is 4.09. The molecule has 120 valence electrons. The molecule has 1 heterocycles. The van der Waals surface area contributed by atoms with Gasteiger partial charge in [-0.3, -0.25) is 0 Å². The van der Waals surface area contributed by atoms with Gasteiger partial charge in [-0.2, -0.15) is 0 Å². The Morgan fingerprint density at radius 1 is 1.45 bits per heavy atom. The summed E-state index contributed by atoms with van der Waals surface area (Å²) in [6, 6.07) is 3.95. The molecule has 2 rings (SSSR count). The van der Waals surface area contributed by atoms with E-state index in [-0.39, 0.29) is 0 Å². The van der Waals surface area contributed by atoms with Crippen LogP contribution in [0.25, 0.3) is 0 Å². The van der Waals surface area contributed by atoms with Crippen molar-refractivity contribution >= 4 is 33.1 Å². The average molecular weight is 384 g/mol. The molecule has 0 unspecified atom stereocenters. The Bertz CT molecular complexity index is 554. The van der Waals surface area contributed by atoms with Crippen molar-refractivity contribution in [2.24, 2.45) is 5.92 Å². The second kappa shape index (κ2) is 7.97. The predicted molar refractivity (Wildman–Crippen MR) is 98.1 cm³/mol. The number of likely N-dealkylation sites (tertiary alicyclic amines) is 1. The fourth-order valence-corrected chi connectivity index (χ4v) is 3.38. The third-order valence-corrected chi connectivity index (χ3v) is 4.98. The molecule has 0 radical (unpaired) electrons. The third-order valence-electron chi connectivity index (χ3n) is 3.89. The van der Waals surface area contributed by atoms with Gasteiger partial charge in [0.1, 0.15) is 11.6 Å². The van der Waals surface area contributed by atoms with Gasteiger partial charge in [-0.15, -0.1) is 0 Å². The molecule has 0 atom stereocenters. The molecule has 0 amide bonds. The topological polar surface area (TPSA) is 21.7 Å². The minimum absolute atomic E-state index is 0.433. The van der Waals surface area contributed by atoms with E-state index in [2.05, 4.69) is 34.3 Å². The molecular formula is C17H22BrNO2S. The van der Waals surface area contributed by atoms with Crippen LogP contribution in [0, 0.1) is 5.92 Å². The van der Waals surface area contributed by atoms with Crippen LogP contribution in [-0.4, -0.2) is 36.7 Å². The van der Waals surface area contributed by atoms with Crippen molar-refractivity contribution in [2.45, 2.75) is 19.8 Å². The number of benzene rings is 1. The molecule has 0 spiro atoms. The smallest absolute Gasteiger partial charge is 0.175 e. The monoisotopic (exact) mass is 383 g/mol. The molecule has 0 saturated carbocycles. The molecule has 0 aromatic heterocycles. The van der Waals surface area contributed by atoms with Gasteiger partial charge in [0.15, 0.2) is 11.5 Å². The van der Waals surface area contributed by atoms with Crippen molar-refractivity contribution in [1.29, 1.82) is 0 Å². The summed E-state index contributed by atoms with van der Waals surface area (Å²) in [7, 11) is 1.64. The van der Waals surface area contributed by atoms with E-state index in [0.29, 0.717) is 18.1 Å². The van der Waals surface area contributed by atoms with Crippen molar-refractivity contribution in [3.8, 4) is 11.5 Å². The maximum absolute atomic E-state index is 5.67. The van der Waals surface area contributed by atoms with Crippen LogP contribution in [-0.2, 0) is 0 Å². The maximum atomic E-state index is 5.67. The van der Waals surface area contributed by atoms with Crippen LogP contribution >= 0.6 is 28.1 Å². The summed E-state index contributed by atoms with van der Waals surface area (Å²) in [5.74, 6) is 2.15. The van der Waals surface area contributed by atoms with Gasteiger partial charge in [-0.1, -0.05) is 31.8 Å². The third kappa shape index (κ3) is 4.02. The number of piperidine rings is 1. The first-order valence-electron chi connectivity index (χ1n) is 7.47. The fraction of sp³-hybridized carbons (Fsp3) is 0.471. The quantitative estimate of drug-likeness (QED) is 0.553. The Kier molecular flexibility index (Phi) is 6.26. The standard InChI is InChI=1S/C17H22BrNO2S/c1-4-9-21-16-14(18)10-13(11-15(16)20-3)17(22)19-7-5-12(2)6-8-19/h4,10-12H,1,5-9H2,2-3H3. The molecule has 1 aliphatic heterocycles. The van der Waals surface area contributed by atoms with E-state index in [9.17, 15) is 0 Å². The highest BCUT2D eigenvalue weighted by Crippen LogP contribution is 2.37. The van der Waals surface area contributed by atoms with Crippen LogP contribution in [0.15, 0.2) is 29.3 Å². The minimum Gasteiger partial charge on any atom is -0.493 e. The van der Waals surface area contributed by atoms with E-state index in [0.717, 1.165) is 34.0 Å². The van der Waals surface area contributed by atoms with Gasteiger partial charge in [0.25, 0.3) is 0 Å². The Morgan fingerprint density at radius 2 is 2.14 bits per heavy atom. The van der Waals surface area contributed by atoms with Crippen LogP contribution in [0.5, 0.6) is 11.5 Å². The van der Waals surface area contributed by atoms with E-state index in [1.54, 1.807) is 13.2 Å². The SMILES string of the molecule is C=CCOc1c(Br)cc(C(=S)N2CCC(C)CC2)cc1OC. The predicted octanol–water partition coefficient (Wildman–Crippen LogP) is 4.43. The van der Waals surface area contributed by atoms with Gasteiger partial charge in [-0.05, 0) is 46.8 Å². The van der Waals surface area contributed by atoms with Gasteiger partial charge in [0.2, 0.25) is 0 Å². The fourth-order valence-electron chi connectivity index (χ4n) is 2.52. The van der Waals surface area contributed by atoms with Crippen LogP contribution in [0.3, 0.4) is 0 Å². The molecule has 0 aliphatic carbocycles. The molecule has 1 aromatic rings. The van der Waals surface area contributed by atoms with Gasteiger partial charge < -0.3 is 14.4 Å². The van der Waals surface area contributed by atoms with E-state index < -0.39 is 0 Å². The Labute approximate surface area is 146 Å². The van der Waals surface area contributed by atoms with Crippen LogP contribution in [0.4, 0.5) is 0 Å². The first kappa shape index (κ1) is 17.3. The molecule has 0 N–H and O–H groups in total. The first-order chi connectivity index (χ1) is 10.6. The van der Waals surface area contributed by atoms with Crippen LogP contribution in [0.2, 0.25) is 0 Å². The summed E-state index contributed by atoms with van der Waals surface area (Å²) in [5, 5.41) is 0. The summed E-state index contributed by atoms with van der Waals surface area (Å²) < 4.78 is 12.0. The molecule has 1 fully saturated rings. The molecule has 0 bridgehead atoms. The Hall–Kier alpha value is -1.07. The van der Waals surface area contributed by atoms with E-state index in [1.807, 2.05) is 12.1 Å². The number of ether oxygens (including phenoxy) is 2. The number of thiocarbonyl (C=S) groups is 1. The van der Waals surface area contributed by atoms with Gasteiger partial charge in [-0.25, -0.2) is 0 Å². The molecule has 5 heteroatoms. The minimum atomic E-state index is 0.433. The van der Waals surface area contributed by atoms with Gasteiger partial charge >= 0.3 is 0 Å². The lowest BCUT2D eigenvalue weighted by Gasteiger charge is -2.32. The number of hydrogen-bond acceptors (Lipinski definition) is 3. The summed E-state index contributed by atoms with van der Waals surface area (Å²) in [5.41, 5.74) is 0.985. The lowest BCUT2D eigenvalue weighted by molar-refractivity contribution is 0.284. The van der Waals surface area contributed by atoms with E-state index >= 15 is 0 Å². The average Bonchev–Trinajstić information content (AvgIpc) is 2.53. The molecule has 22 heavy (non-hydrogen) atoms. The van der Waals surface area contributed by atoms with E-state index in [1.165, 1.54) is 12.8 Å². The Balaban J connectivity index is 2.22. The Morgan fingerprint density at radius 3 is 2.73 bits per heavy atom. The lowest BCUT2D eigenvalue weighted by atomic mass is 9.99. The molecular weight excluding hydrogens is 362 g/mol. The summed E-state index contributed by atoms with van der Waals surface area (Å²) in [4.78, 5) is 3.15. The largest absolute Gasteiger partial charge is 0.493 e. The zero-order chi connectivity index (χ0) is 16.1. The molecule has 1 aromatic carbocycles. The van der Waals surface area contributed by atoms with Crippen LogP contribution < -0.4 is 9.47 Å². The van der Waals surface area contributed by atoms with Crippen molar-refractivity contribution in [3.05, 3.63) is 34.8 Å². The lowest BCUT2D eigenvalue weighted by Crippen LogP contribution is -2.37. The number of halogens is 1. The second-order valence-corrected chi connectivity index (χ2v) is 6.80. The summed E-state index contributed by atoms with van der Waals surface area (Å²) >= 11 is 9.22.